The van der Waals surface area contributed by atoms with Crippen LogP contribution in [-0.4, -0.2) is 22.8 Å². The van der Waals surface area contributed by atoms with Crippen LogP contribution in [0.5, 0.6) is 5.75 Å². The van der Waals surface area contributed by atoms with Crippen molar-refractivity contribution in [1.82, 2.24) is 5.32 Å². The number of nitrogens with one attached hydrogen (secondary N) is 2. The molecule has 1 heterocycles. The number of urea groups is 1. The van der Waals surface area contributed by atoms with Gasteiger partial charge >= 0.3 is 6.03 Å². The van der Waals surface area contributed by atoms with E-state index in [1.54, 1.807) is 6.26 Å². The van der Waals surface area contributed by atoms with E-state index in [0.717, 1.165) is 19.3 Å². The van der Waals surface area contributed by atoms with Crippen LogP contribution in [0, 0.1) is 12.2 Å². The molecule has 2 N–H and O–H groups in total. The van der Waals surface area contributed by atoms with E-state index < -0.39 is 28.6 Å². The molecule has 1 aliphatic carbocycles. The number of amides is 2. The Labute approximate surface area is 131 Å². The van der Waals surface area contributed by atoms with Crippen molar-refractivity contribution in [1.29, 1.82) is 0 Å². The second-order valence-electron chi connectivity index (χ2n) is 5.68. The van der Waals surface area contributed by atoms with Crippen LogP contribution in [0.4, 0.5) is 14.9 Å². The predicted molar refractivity (Wildman–Crippen MR) is 82.6 cm³/mol. The molecule has 22 heavy (non-hydrogen) atoms. The number of rotatable bonds is 3. The summed E-state index contributed by atoms with van der Waals surface area (Å²) in [5, 5.41) is 5.47. The van der Waals surface area contributed by atoms with Crippen LogP contribution in [0.25, 0.3) is 0 Å². The van der Waals surface area contributed by atoms with Crippen LogP contribution in [0.1, 0.15) is 31.2 Å². The fourth-order valence-electron chi connectivity index (χ4n) is 3.19. The molecule has 1 aromatic rings. The van der Waals surface area contributed by atoms with Crippen molar-refractivity contribution in [2.75, 3.05) is 17.5 Å². The van der Waals surface area contributed by atoms with Crippen molar-refractivity contribution >= 4 is 22.9 Å². The monoisotopic (exact) mass is 325 g/mol. The van der Waals surface area contributed by atoms with E-state index >= 15 is 0 Å². The van der Waals surface area contributed by atoms with E-state index in [4.69, 9.17) is 4.74 Å². The SMILES string of the molecule is C[S+]([O-])COc1ccc(F)c2c1C1(C[CH]CCC1)NC(=O)N2. The number of carbonyl (C=O) groups excluding carboxylic acids is 1. The number of ether oxygens (including phenoxy) is 1. The van der Waals surface area contributed by atoms with Gasteiger partial charge in [-0.05, 0) is 49.0 Å². The highest BCUT2D eigenvalue weighted by molar-refractivity contribution is 7.90. The normalized spacial score (nSPS) is 20.8. The van der Waals surface area contributed by atoms with Gasteiger partial charge in [0.2, 0.25) is 5.94 Å². The van der Waals surface area contributed by atoms with E-state index in [-0.39, 0.29) is 11.6 Å². The van der Waals surface area contributed by atoms with Gasteiger partial charge in [-0.2, -0.15) is 0 Å². The van der Waals surface area contributed by atoms with Crippen molar-refractivity contribution in [3.8, 4) is 5.75 Å². The molecule has 5 nitrogen and oxygen atoms in total. The average molecular weight is 325 g/mol. The third-order valence-corrected chi connectivity index (χ3v) is 4.52. The van der Waals surface area contributed by atoms with Crippen molar-refractivity contribution in [2.24, 2.45) is 0 Å². The van der Waals surface area contributed by atoms with E-state index in [2.05, 4.69) is 17.1 Å². The van der Waals surface area contributed by atoms with Crippen molar-refractivity contribution in [3.63, 3.8) is 0 Å². The maximum Gasteiger partial charge on any atom is 0.320 e. The van der Waals surface area contributed by atoms with Crippen molar-refractivity contribution < 1.29 is 18.5 Å². The fourth-order valence-corrected chi connectivity index (χ4v) is 3.48. The minimum atomic E-state index is -1.13. The second-order valence-corrected chi connectivity index (χ2v) is 7.06. The molecule has 2 aliphatic rings. The number of fused-ring (bicyclic) bond motifs is 2. The first-order valence-corrected chi connectivity index (χ1v) is 8.91. The molecule has 119 valence electrons. The summed E-state index contributed by atoms with van der Waals surface area (Å²) in [6, 6.07) is 2.40. The highest BCUT2D eigenvalue weighted by Gasteiger charge is 2.44. The zero-order valence-electron chi connectivity index (χ0n) is 12.3. The van der Waals surface area contributed by atoms with Crippen LogP contribution >= 0.6 is 0 Å². The van der Waals surface area contributed by atoms with Gasteiger partial charge in [0, 0.05) is 5.56 Å². The zero-order chi connectivity index (χ0) is 15.7. The van der Waals surface area contributed by atoms with Gasteiger partial charge in [0.25, 0.3) is 0 Å². The number of anilines is 1. The summed E-state index contributed by atoms with van der Waals surface area (Å²) in [4.78, 5) is 11.9. The second kappa shape index (κ2) is 5.96. The first-order chi connectivity index (χ1) is 10.5. The van der Waals surface area contributed by atoms with E-state index in [0.29, 0.717) is 17.7 Å². The van der Waals surface area contributed by atoms with Gasteiger partial charge < -0.3 is 19.9 Å². The van der Waals surface area contributed by atoms with Gasteiger partial charge in [-0.15, -0.1) is 0 Å². The Bertz CT molecular complexity index is 588. The Balaban J connectivity index is 2.08. The fraction of sp³-hybridized carbons (Fsp3) is 0.467. The molecule has 2 amide bonds. The molecule has 1 radical (unpaired) electrons. The highest BCUT2D eigenvalue weighted by Crippen LogP contribution is 2.47. The largest absolute Gasteiger partial charge is 0.614 e. The van der Waals surface area contributed by atoms with Crippen LogP contribution in [0.15, 0.2) is 12.1 Å². The molecule has 1 fully saturated rings. The summed E-state index contributed by atoms with van der Waals surface area (Å²) in [7, 11) is 0. The van der Waals surface area contributed by atoms with E-state index in [1.165, 1.54) is 12.1 Å². The van der Waals surface area contributed by atoms with Gasteiger partial charge in [0.05, 0.1) is 17.5 Å². The molecule has 2 atom stereocenters. The van der Waals surface area contributed by atoms with Crippen molar-refractivity contribution in [2.45, 2.75) is 31.2 Å². The summed E-state index contributed by atoms with van der Waals surface area (Å²) in [5.41, 5.74) is 0.134. The lowest BCUT2D eigenvalue weighted by Gasteiger charge is -2.43. The minimum Gasteiger partial charge on any atom is -0.614 e. The quantitative estimate of drug-likeness (QED) is 0.839. The number of hydrogen-bond acceptors (Lipinski definition) is 3. The first-order valence-electron chi connectivity index (χ1n) is 7.18. The lowest BCUT2D eigenvalue weighted by atomic mass is 9.74. The Morgan fingerprint density at radius 1 is 1.50 bits per heavy atom. The standard InChI is InChI=1S/C15H18FN2O3S/c1-22(20)9-21-11-6-5-10(16)13-12(11)15(18-14(19)17-13)7-3-2-4-8-15/h3,5-6H,2,4,7-9H2,1H3,(H2,17,18,19). The molecule has 0 bridgehead atoms. The minimum absolute atomic E-state index is 0.0335. The Morgan fingerprint density at radius 2 is 2.32 bits per heavy atom. The summed E-state index contributed by atoms with van der Waals surface area (Å²) in [6.07, 6.45) is 6.88. The maximum atomic E-state index is 14.2. The number of hydrogen-bond donors (Lipinski definition) is 2. The third-order valence-electron chi connectivity index (χ3n) is 4.07. The zero-order valence-corrected chi connectivity index (χ0v) is 13.1. The Hall–Kier alpha value is -1.47. The van der Waals surface area contributed by atoms with Crippen LogP contribution < -0.4 is 15.4 Å². The van der Waals surface area contributed by atoms with Gasteiger partial charge in [-0.3, -0.25) is 0 Å². The topological polar surface area (TPSA) is 73.4 Å². The number of carbonyl (C=O) groups is 1. The lowest BCUT2D eigenvalue weighted by molar-refractivity contribution is 0.216. The smallest absolute Gasteiger partial charge is 0.320 e. The molecule has 1 aromatic carbocycles. The Kier molecular flexibility index (Phi) is 4.18. The van der Waals surface area contributed by atoms with Gasteiger partial charge in [-0.25, -0.2) is 9.18 Å². The van der Waals surface area contributed by atoms with Crippen LogP contribution in [0.3, 0.4) is 0 Å². The molecule has 3 rings (SSSR count). The molecule has 0 aromatic heterocycles. The Morgan fingerprint density at radius 3 is 3.00 bits per heavy atom. The molecule has 1 spiro atoms. The number of benzene rings is 1. The van der Waals surface area contributed by atoms with Crippen molar-refractivity contribution in [3.05, 3.63) is 29.9 Å². The van der Waals surface area contributed by atoms with E-state index in [9.17, 15) is 13.7 Å². The van der Waals surface area contributed by atoms with Gasteiger partial charge in [0.15, 0.2) is 0 Å². The molecule has 1 saturated carbocycles. The molecule has 7 heteroatoms. The maximum absolute atomic E-state index is 14.2. The summed E-state index contributed by atoms with van der Waals surface area (Å²) < 4.78 is 31.1. The molecule has 1 aliphatic heterocycles. The molecule has 0 saturated heterocycles. The highest BCUT2D eigenvalue weighted by atomic mass is 32.2. The average Bonchev–Trinajstić information content (AvgIpc) is 2.47. The third kappa shape index (κ3) is 2.75. The van der Waals surface area contributed by atoms with Crippen LogP contribution in [0.2, 0.25) is 0 Å². The lowest BCUT2D eigenvalue weighted by Crippen LogP contribution is -2.53. The van der Waals surface area contributed by atoms with Crippen LogP contribution in [-0.2, 0) is 16.7 Å². The summed E-state index contributed by atoms with van der Waals surface area (Å²) >= 11 is -1.13. The predicted octanol–water partition coefficient (Wildman–Crippen LogP) is 2.65. The van der Waals surface area contributed by atoms with E-state index in [1.807, 2.05) is 0 Å². The molecule has 2 unspecified atom stereocenters. The van der Waals surface area contributed by atoms with Gasteiger partial charge in [-0.1, -0.05) is 6.42 Å². The number of halogens is 1. The molecular formula is C15H18FN2O3S. The summed E-state index contributed by atoms with van der Waals surface area (Å²) in [5.74, 6) is 0.0143. The first kappa shape index (κ1) is 15.4. The van der Waals surface area contributed by atoms with Gasteiger partial charge in [0.1, 0.15) is 11.6 Å². The summed E-state index contributed by atoms with van der Waals surface area (Å²) in [6.45, 7) is 0. The molecular weight excluding hydrogens is 307 g/mol.